The first-order valence-electron chi connectivity index (χ1n) is 7.56. The zero-order valence-electron chi connectivity index (χ0n) is 13.6. The molecule has 0 atom stereocenters. The van der Waals surface area contributed by atoms with Gasteiger partial charge in [-0.15, -0.1) is 0 Å². The molecule has 2 amide bonds. The summed E-state index contributed by atoms with van der Waals surface area (Å²) < 4.78 is 9.75. The highest BCUT2D eigenvalue weighted by Gasteiger charge is 2.17. The lowest BCUT2D eigenvalue weighted by Crippen LogP contribution is -2.40. The van der Waals surface area contributed by atoms with E-state index >= 15 is 0 Å². The fraction of sp³-hybridized carbons (Fsp3) is 0.667. The number of carbonyl (C=O) groups is 2. The summed E-state index contributed by atoms with van der Waals surface area (Å²) in [5.41, 5.74) is 0. The fourth-order valence-electron chi connectivity index (χ4n) is 2.02. The van der Waals surface area contributed by atoms with Crippen LogP contribution in [0.25, 0.3) is 0 Å². The molecule has 22 heavy (non-hydrogen) atoms. The summed E-state index contributed by atoms with van der Waals surface area (Å²) in [7, 11) is 1.46. The summed E-state index contributed by atoms with van der Waals surface area (Å²) in [6.07, 6.45) is 4.16. The second kappa shape index (κ2) is 9.94. The molecule has 0 unspecified atom stereocenters. The Hall–Kier alpha value is -1.89. The van der Waals surface area contributed by atoms with E-state index in [2.05, 4.69) is 17.4 Å². The van der Waals surface area contributed by atoms with E-state index in [0.717, 1.165) is 25.7 Å². The number of anilines is 1. The van der Waals surface area contributed by atoms with Crippen LogP contribution in [-0.2, 0) is 14.3 Å². The number of hydrogen-bond acceptors (Lipinski definition) is 5. The predicted molar refractivity (Wildman–Crippen MR) is 82.5 cm³/mol. The van der Waals surface area contributed by atoms with E-state index in [1.165, 1.54) is 12.0 Å². The lowest BCUT2D eigenvalue weighted by Gasteiger charge is -2.21. The topological polar surface area (TPSA) is 84.7 Å². The largest absolute Gasteiger partial charge is 0.375 e. The molecule has 1 aromatic heterocycles. The summed E-state index contributed by atoms with van der Waals surface area (Å²) in [6, 6.07) is 1.63. The normalized spacial score (nSPS) is 10.5. The zero-order chi connectivity index (χ0) is 16.4. The Morgan fingerprint density at radius 3 is 2.73 bits per heavy atom. The smallest absolute Gasteiger partial charge is 0.249 e. The number of aromatic nitrogens is 1. The van der Waals surface area contributed by atoms with Crippen molar-refractivity contribution in [2.75, 3.05) is 32.1 Å². The number of methoxy groups -OCH3 is 1. The van der Waals surface area contributed by atoms with Gasteiger partial charge in [-0.1, -0.05) is 31.3 Å². The summed E-state index contributed by atoms with van der Waals surface area (Å²) in [5, 5.41) is 6.31. The van der Waals surface area contributed by atoms with Crippen LogP contribution in [0, 0.1) is 6.92 Å². The molecule has 0 bridgehead atoms. The average molecular weight is 311 g/mol. The van der Waals surface area contributed by atoms with E-state index in [9.17, 15) is 9.59 Å². The lowest BCUT2D eigenvalue weighted by molar-refractivity contribution is -0.138. The molecular formula is C15H25N3O4. The summed E-state index contributed by atoms with van der Waals surface area (Å²) in [6.45, 7) is 4.38. The predicted octanol–water partition coefficient (Wildman–Crippen LogP) is 1.98. The van der Waals surface area contributed by atoms with Crippen molar-refractivity contribution in [1.29, 1.82) is 0 Å². The van der Waals surface area contributed by atoms with Crippen molar-refractivity contribution < 1.29 is 18.8 Å². The monoisotopic (exact) mass is 311 g/mol. The minimum atomic E-state index is -0.298. The molecule has 1 heterocycles. The Bertz CT molecular complexity index is 473. The number of nitrogens with one attached hydrogen (secondary N) is 1. The van der Waals surface area contributed by atoms with Gasteiger partial charge in [-0.25, -0.2) is 0 Å². The molecule has 0 spiro atoms. The Morgan fingerprint density at radius 2 is 2.14 bits per heavy atom. The third-order valence-corrected chi connectivity index (χ3v) is 3.13. The maximum atomic E-state index is 12.0. The second-order valence-corrected chi connectivity index (χ2v) is 5.18. The second-order valence-electron chi connectivity index (χ2n) is 5.18. The van der Waals surface area contributed by atoms with Gasteiger partial charge in [0.2, 0.25) is 11.8 Å². The van der Waals surface area contributed by atoms with E-state index in [0.29, 0.717) is 18.1 Å². The molecular weight excluding hydrogens is 286 g/mol. The minimum Gasteiger partial charge on any atom is -0.375 e. The van der Waals surface area contributed by atoms with Crippen LogP contribution in [0.4, 0.5) is 5.82 Å². The molecule has 1 N–H and O–H groups in total. The van der Waals surface area contributed by atoms with Crippen molar-refractivity contribution in [3.8, 4) is 0 Å². The highest BCUT2D eigenvalue weighted by Crippen LogP contribution is 2.07. The van der Waals surface area contributed by atoms with Gasteiger partial charge in [0.1, 0.15) is 12.4 Å². The summed E-state index contributed by atoms with van der Waals surface area (Å²) in [5.74, 6) is 0.480. The van der Waals surface area contributed by atoms with E-state index in [1.54, 1.807) is 13.0 Å². The molecule has 124 valence electrons. The SMILES string of the molecule is CCCCCCN(CC(=O)Nc1cc(C)on1)C(=O)COC. The van der Waals surface area contributed by atoms with Crippen LogP contribution >= 0.6 is 0 Å². The number of unbranched alkanes of at least 4 members (excludes halogenated alkanes) is 3. The molecule has 0 radical (unpaired) electrons. The molecule has 1 aromatic rings. The number of carbonyl (C=O) groups excluding carboxylic acids is 2. The van der Waals surface area contributed by atoms with Crippen LogP contribution in [0.2, 0.25) is 0 Å². The maximum Gasteiger partial charge on any atom is 0.249 e. The van der Waals surface area contributed by atoms with Crippen molar-refractivity contribution in [2.24, 2.45) is 0 Å². The molecule has 1 rings (SSSR count). The van der Waals surface area contributed by atoms with Gasteiger partial charge in [0.25, 0.3) is 0 Å². The molecule has 7 heteroatoms. The van der Waals surface area contributed by atoms with Crippen LogP contribution in [0.15, 0.2) is 10.6 Å². The zero-order valence-corrected chi connectivity index (χ0v) is 13.6. The highest BCUT2D eigenvalue weighted by atomic mass is 16.5. The first-order chi connectivity index (χ1) is 10.6. The van der Waals surface area contributed by atoms with Crippen molar-refractivity contribution in [1.82, 2.24) is 10.1 Å². The standard InChI is InChI=1S/C15H25N3O4/c1-4-5-6-7-8-18(15(20)11-21-3)10-14(19)16-13-9-12(2)22-17-13/h9H,4-8,10-11H2,1-3H3,(H,16,17,19). The molecule has 0 fully saturated rings. The molecule has 7 nitrogen and oxygen atoms in total. The third kappa shape index (κ3) is 6.71. The van der Waals surface area contributed by atoms with Gasteiger partial charge in [-0.05, 0) is 13.3 Å². The molecule has 0 aromatic carbocycles. The van der Waals surface area contributed by atoms with Gasteiger partial charge < -0.3 is 19.5 Å². The number of aryl methyl sites for hydroxylation is 1. The van der Waals surface area contributed by atoms with E-state index in [1.807, 2.05) is 0 Å². The van der Waals surface area contributed by atoms with E-state index in [4.69, 9.17) is 9.26 Å². The molecule has 0 aliphatic carbocycles. The number of amides is 2. The van der Waals surface area contributed by atoms with Crippen LogP contribution in [0.5, 0.6) is 0 Å². The Kier molecular flexibility index (Phi) is 8.21. The van der Waals surface area contributed by atoms with Gasteiger partial charge in [-0.2, -0.15) is 0 Å². The number of nitrogens with zero attached hydrogens (tertiary/aromatic N) is 2. The van der Waals surface area contributed by atoms with Gasteiger partial charge in [0.15, 0.2) is 5.82 Å². The summed E-state index contributed by atoms with van der Waals surface area (Å²) in [4.78, 5) is 25.5. The quantitative estimate of drug-likeness (QED) is 0.668. The fourth-order valence-corrected chi connectivity index (χ4v) is 2.02. The highest BCUT2D eigenvalue weighted by molar-refractivity contribution is 5.93. The molecule has 0 saturated heterocycles. The van der Waals surface area contributed by atoms with Crippen LogP contribution in [0.3, 0.4) is 0 Å². The van der Waals surface area contributed by atoms with E-state index < -0.39 is 0 Å². The van der Waals surface area contributed by atoms with Crippen molar-refractivity contribution in [3.63, 3.8) is 0 Å². The molecule has 0 aliphatic rings. The summed E-state index contributed by atoms with van der Waals surface area (Å²) >= 11 is 0. The van der Waals surface area contributed by atoms with Gasteiger partial charge in [0.05, 0.1) is 6.54 Å². The lowest BCUT2D eigenvalue weighted by atomic mass is 10.2. The van der Waals surface area contributed by atoms with Crippen molar-refractivity contribution in [2.45, 2.75) is 39.5 Å². The van der Waals surface area contributed by atoms with Gasteiger partial charge in [0, 0.05) is 19.7 Å². The van der Waals surface area contributed by atoms with Crippen LogP contribution < -0.4 is 5.32 Å². The first-order valence-corrected chi connectivity index (χ1v) is 7.56. The molecule has 0 saturated carbocycles. The Morgan fingerprint density at radius 1 is 1.36 bits per heavy atom. The van der Waals surface area contributed by atoms with Gasteiger partial charge in [-0.3, -0.25) is 9.59 Å². The number of ether oxygens (including phenoxy) is 1. The first kappa shape index (κ1) is 18.2. The minimum absolute atomic E-state index is 0.0137. The number of rotatable bonds is 10. The maximum absolute atomic E-state index is 12.0. The van der Waals surface area contributed by atoms with Gasteiger partial charge >= 0.3 is 0 Å². The number of hydrogen-bond donors (Lipinski definition) is 1. The third-order valence-electron chi connectivity index (χ3n) is 3.13. The Balaban J connectivity index is 2.50. The van der Waals surface area contributed by atoms with Crippen LogP contribution in [-0.4, -0.2) is 48.7 Å². The Labute approximate surface area is 131 Å². The van der Waals surface area contributed by atoms with Crippen LogP contribution in [0.1, 0.15) is 38.4 Å². The molecule has 0 aliphatic heterocycles. The van der Waals surface area contributed by atoms with E-state index in [-0.39, 0.29) is 25.0 Å². The average Bonchev–Trinajstić information content (AvgIpc) is 2.87. The van der Waals surface area contributed by atoms with Crippen molar-refractivity contribution >= 4 is 17.6 Å². The van der Waals surface area contributed by atoms with Crippen molar-refractivity contribution in [3.05, 3.63) is 11.8 Å².